The molecule has 112 valence electrons. The topological polar surface area (TPSA) is 51.6 Å². The zero-order valence-corrected chi connectivity index (χ0v) is 12.3. The SMILES string of the molecule is COc1c(C)cnc(COc2ccc(CO)cc2F)c1C. The van der Waals surface area contributed by atoms with Crippen LogP contribution in [0.4, 0.5) is 4.39 Å². The fraction of sp³-hybridized carbons (Fsp3) is 0.312. The molecule has 0 saturated carbocycles. The molecule has 1 aromatic carbocycles. The van der Waals surface area contributed by atoms with Crippen molar-refractivity contribution in [3.63, 3.8) is 0 Å². The third-order valence-corrected chi connectivity index (χ3v) is 3.29. The highest BCUT2D eigenvalue weighted by Crippen LogP contribution is 2.25. The van der Waals surface area contributed by atoms with Crippen LogP contribution in [0, 0.1) is 19.7 Å². The minimum atomic E-state index is -0.502. The Balaban J connectivity index is 2.17. The zero-order chi connectivity index (χ0) is 15.4. The third-order valence-electron chi connectivity index (χ3n) is 3.29. The molecule has 0 spiro atoms. The van der Waals surface area contributed by atoms with E-state index in [-0.39, 0.29) is 19.0 Å². The van der Waals surface area contributed by atoms with Crippen molar-refractivity contribution in [3.8, 4) is 11.5 Å². The van der Waals surface area contributed by atoms with Gasteiger partial charge in [0.2, 0.25) is 0 Å². The van der Waals surface area contributed by atoms with Crippen LogP contribution in [0.25, 0.3) is 0 Å². The molecule has 0 radical (unpaired) electrons. The normalized spacial score (nSPS) is 10.5. The van der Waals surface area contributed by atoms with Crippen LogP contribution in [0.2, 0.25) is 0 Å². The summed E-state index contributed by atoms with van der Waals surface area (Å²) in [6.45, 7) is 3.75. The lowest BCUT2D eigenvalue weighted by Gasteiger charge is -2.13. The Bertz CT molecular complexity index is 644. The number of aromatic nitrogens is 1. The van der Waals surface area contributed by atoms with Crippen molar-refractivity contribution in [2.45, 2.75) is 27.1 Å². The first-order valence-electron chi connectivity index (χ1n) is 6.58. The van der Waals surface area contributed by atoms with E-state index in [9.17, 15) is 4.39 Å². The van der Waals surface area contributed by atoms with E-state index in [1.54, 1.807) is 19.4 Å². The van der Waals surface area contributed by atoms with E-state index in [1.165, 1.54) is 12.1 Å². The number of pyridine rings is 1. The Kier molecular flexibility index (Phi) is 4.75. The molecule has 5 heteroatoms. The largest absolute Gasteiger partial charge is 0.496 e. The standard InChI is InChI=1S/C16H18FNO3/c1-10-7-18-14(11(2)16(10)20-3)9-21-15-5-4-12(8-19)6-13(15)17/h4-7,19H,8-9H2,1-3H3. The predicted octanol–water partition coefficient (Wildman–Crippen LogP) is 2.92. The minimum Gasteiger partial charge on any atom is -0.496 e. The molecule has 1 heterocycles. The number of benzene rings is 1. The number of halogens is 1. The molecule has 4 nitrogen and oxygen atoms in total. The minimum absolute atomic E-state index is 0.132. The monoisotopic (exact) mass is 291 g/mol. The summed E-state index contributed by atoms with van der Waals surface area (Å²) < 4.78 is 24.6. The van der Waals surface area contributed by atoms with Crippen LogP contribution in [0.3, 0.4) is 0 Å². The molecule has 0 aliphatic carbocycles. The van der Waals surface area contributed by atoms with Crippen molar-refractivity contribution < 1.29 is 19.0 Å². The summed E-state index contributed by atoms with van der Waals surface area (Å²) >= 11 is 0. The Hall–Kier alpha value is -2.14. The molecule has 0 aliphatic rings. The van der Waals surface area contributed by atoms with Gasteiger partial charge >= 0.3 is 0 Å². The molecule has 21 heavy (non-hydrogen) atoms. The van der Waals surface area contributed by atoms with Crippen molar-refractivity contribution in [1.29, 1.82) is 0 Å². The fourth-order valence-corrected chi connectivity index (χ4v) is 2.12. The van der Waals surface area contributed by atoms with Gasteiger partial charge in [-0.2, -0.15) is 0 Å². The molecule has 0 bridgehead atoms. The Morgan fingerprint density at radius 1 is 1.29 bits per heavy atom. The van der Waals surface area contributed by atoms with Gasteiger partial charge in [0.15, 0.2) is 11.6 Å². The van der Waals surface area contributed by atoms with Crippen LogP contribution in [-0.4, -0.2) is 17.2 Å². The molecule has 2 aromatic rings. The second-order valence-corrected chi connectivity index (χ2v) is 4.76. The highest BCUT2D eigenvalue weighted by atomic mass is 19.1. The maximum Gasteiger partial charge on any atom is 0.165 e. The van der Waals surface area contributed by atoms with Gasteiger partial charge in [0, 0.05) is 17.3 Å². The van der Waals surface area contributed by atoms with E-state index in [1.807, 2.05) is 13.8 Å². The quantitative estimate of drug-likeness (QED) is 0.920. The molecule has 0 amide bonds. The van der Waals surface area contributed by atoms with Crippen LogP contribution < -0.4 is 9.47 Å². The van der Waals surface area contributed by atoms with Gasteiger partial charge in [0.25, 0.3) is 0 Å². The van der Waals surface area contributed by atoms with E-state index in [0.29, 0.717) is 11.3 Å². The average molecular weight is 291 g/mol. The number of methoxy groups -OCH3 is 1. The van der Waals surface area contributed by atoms with E-state index in [2.05, 4.69) is 4.98 Å². The molecular formula is C16H18FNO3. The summed E-state index contributed by atoms with van der Waals surface area (Å²) in [6, 6.07) is 4.38. The number of nitrogens with zero attached hydrogens (tertiary/aromatic N) is 1. The van der Waals surface area contributed by atoms with E-state index in [0.717, 1.165) is 16.9 Å². The van der Waals surface area contributed by atoms with Crippen LogP contribution in [0.5, 0.6) is 11.5 Å². The zero-order valence-electron chi connectivity index (χ0n) is 12.3. The van der Waals surface area contributed by atoms with E-state index >= 15 is 0 Å². The fourth-order valence-electron chi connectivity index (χ4n) is 2.12. The average Bonchev–Trinajstić information content (AvgIpc) is 2.48. The second kappa shape index (κ2) is 6.54. The number of ether oxygens (including phenoxy) is 2. The lowest BCUT2D eigenvalue weighted by molar-refractivity contribution is 0.274. The van der Waals surface area contributed by atoms with Gasteiger partial charge in [-0.25, -0.2) is 4.39 Å². The first-order valence-corrected chi connectivity index (χ1v) is 6.58. The summed E-state index contributed by atoms with van der Waals surface area (Å²) in [5, 5.41) is 8.95. The molecule has 0 saturated heterocycles. The highest BCUT2D eigenvalue weighted by Gasteiger charge is 2.11. The van der Waals surface area contributed by atoms with Crippen molar-refractivity contribution >= 4 is 0 Å². The van der Waals surface area contributed by atoms with Gasteiger partial charge in [-0.1, -0.05) is 6.07 Å². The van der Waals surface area contributed by atoms with Crippen molar-refractivity contribution in [1.82, 2.24) is 4.98 Å². The number of hydrogen-bond acceptors (Lipinski definition) is 4. The third kappa shape index (κ3) is 3.31. The summed E-state index contributed by atoms with van der Waals surface area (Å²) in [6.07, 6.45) is 1.70. The Morgan fingerprint density at radius 2 is 2.05 bits per heavy atom. The number of rotatable bonds is 5. The van der Waals surface area contributed by atoms with Gasteiger partial charge < -0.3 is 14.6 Å². The Labute approximate surface area is 123 Å². The molecule has 0 aliphatic heterocycles. The lowest BCUT2D eigenvalue weighted by atomic mass is 10.1. The lowest BCUT2D eigenvalue weighted by Crippen LogP contribution is -2.05. The number of aliphatic hydroxyl groups excluding tert-OH is 1. The van der Waals surface area contributed by atoms with Crippen LogP contribution in [0.15, 0.2) is 24.4 Å². The number of hydrogen-bond donors (Lipinski definition) is 1. The highest BCUT2D eigenvalue weighted by molar-refractivity contribution is 5.41. The summed E-state index contributed by atoms with van der Waals surface area (Å²) in [4.78, 5) is 4.30. The molecule has 0 fully saturated rings. The molecule has 1 aromatic heterocycles. The maximum absolute atomic E-state index is 13.8. The predicted molar refractivity (Wildman–Crippen MR) is 76.9 cm³/mol. The summed E-state index contributed by atoms with van der Waals surface area (Å²) in [7, 11) is 1.60. The first-order chi connectivity index (χ1) is 10.1. The van der Waals surface area contributed by atoms with Gasteiger partial charge in [-0.15, -0.1) is 0 Å². The molecular weight excluding hydrogens is 273 g/mol. The van der Waals surface area contributed by atoms with Gasteiger partial charge in [0.1, 0.15) is 12.4 Å². The molecule has 2 rings (SSSR count). The van der Waals surface area contributed by atoms with Crippen molar-refractivity contribution in [3.05, 3.63) is 52.6 Å². The molecule has 0 atom stereocenters. The number of aryl methyl sites for hydroxylation is 1. The van der Waals surface area contributed by atoms with Crippen LogP contribution in [-0.2, 0) is 13.2 Å². The maximum atomic E-state index is 13.8. The van der Waals surface area contributed by atoms with E-state index < -0.39 is 5.82 Å². The van der Waals surface area contributed by atoms with Crippen molar-refractivity contribution in [2.75, 3.05) is 7.11 Å². The van der Waals surface area contributed by atoms with Crippen LogP contribution in [0.1, 0.15) is 22.4 Å². The summed E-state index contributed by atoms with van der Waals surface area (Å²) in [5.74, 6) is 0.394. The van der Waals surface area contributed by atoms with E-state index in [4.69, 9.17) is 14.6 Å². The first kappa shape index (κ1) is 15.3. The van der Waals surface area contributed by atoms with Crippen molar-refractivity contribution in [2.24, 2.45) is 0 Å². The second-order valence-electron chi connectivity index (χ2n) is 4.76. The van der Waals surface area contributed by atoms with Crippen LogP contribution >= 0.6 is 0 Å². The van der Waals surface area contributed by atoms with Gasteiger partial charge in [-0.05, 0) is 31.5 Å². The molecule has 1 N–H and O–H groups in total. The van der Waals surface area contributed by atoms with Gasteiger partial charge in [-0.3, -0.25) is 4.98 Å². The van der Waals surface area contributed by atoms with Gasteiger partial charge in [0.05, 0.1) is 19.4 Å². The number of aliphatic hydroxyl groups is 1. The smallest absolute Gasteiger partial charge is 0.165 e. The molecule has 0 unspecified atom stereocenters. The Morgan fingerprint density at radius 3 is 2.67 bits per heavy atom. The summed E-state index contributed by atoms with van der Waals surface area (Å²) in [5.41, 5.74) is 3.02.